The van der Waals surface area contributed by atoms with Crippen molar-refractivity contribution >= 4 is 9.76 Å². The lowest BCUT2D eigenvalue weighted by atomic mass is 9.96. The zero-order valence-corrected chi connectivity index (χ0v) is 9.67. The summed E-state index contributed by atoms with van der Waals surface area (Å²) in [5.74, 6) is 0. The average Bonchev–Trinajstić information content (AvgIpc) is 2.03. The van der Waals surface area contributed by atoms with Gasteiger partial charge in [0.25, 0.3) is 0 Å². The number of nitrogens with two attached hydrogens (primary N) is 1. The maximum absolute atomic E-state index is 5.83. The fourth-order valence-electron chi connectivity index (χ4n) is 1.68. The summed E-state index contributed by atoms with van der Waals surface area (Å²) in [4.78, 5) is 0. The van der Waals surface area contributed by atoms with Gasteiger partial charge in [-0.25, -0.2) is 0 Å². The van der Waals surface area contributed by atoms with Crippen LogP contribution in [0.3, 0.4) is 0 Å². The molecule has 0 heterocycles. The second-order valence-electron chi connectivity index (χ2n) is 4.16. The lowest BCUT2D eigenvalue weighted by Gasteiger charge is -2.25. The van der Waals surface area contributed by atoms with Gasteiger partial charge in [-0.3, -0.25) is 0 Å². The zero-order valence-electron chi connectivity index (χ0n) is 8.25. The molecule has 0 bridgehead atoms. The zero-order chi connectivity index (χ0) is 8.97. The highest BCUT2D eigenvalue weighted by Crippen LogP contribution is 2.27. The first kappa shape index (κ1) is 10.2. The van der Waals surface area contributed by atoms with E-state index < -0.39 is 0 Å². The minimum absolute atomic E-state index is 0.260. The Morgan fingerprint density at radius 2 is 1.83 bits per heavy atom. The molecule has 2 nitrogen and oxygen atoms in total. The standard InChI is InChI=1S/C9H21NOSi/c1-7(2)11-12-9-5-3-8(10)4-6-9/h7-9H,3-6,10,12H2,1-2H3. The Kier molecular flexibility index (Phi) is 4.25. The topological polar surface area (TPSA) is 35.2 Å². The molecule has 0 radical (unpaired) electrons. The Morgan fingerprint density at radius 1 is 1.25 bits per heavy atom. The van der Waals surface area contributed by atoms with Crippen LogP contribution in [0.25, 0.3) is 0 Å². The fourth-order valence-corrected chi connectivity index (χ4v) is 3.15. The average molecular weight is 187 g/mol. The summed E-state index contributed by atoms with van der Waals surface area (Å²) in [6, 6.07) is 0.481. The second-order valence-corrected chi connectivity index (χ2v) is 5.98. The summed E-state index contributed by atoms with van der Waals surface area (Å²) in [5.41, 5.74) is 6.74. The minimum Gasteiger partial charge on any atom is -0.421 e. The predicted octanol–water partition coefficient (Wildman–Crippen LogP) is 1.19. The van der Waals surface area contributed by atoms with Gasteiger partial charge in [-0.1, -0.05) is 0 Å². The van der Waals surface area contributed by atoms with Crippen LogP contribution in [0.5, 0.6) is 0 Å². The van der Waals surface area contributed by atoms with Crippen molar-refractivity contribution in [2.75, 3.05) is 0 Å². The van der Waals surface area contributed by atoms with Crippen molar-refractivity contribution in [3.05, 3.63) is 0 Å². The molecule has 0 spiro atoms. The monoisotopic (exact) mass is 187 g/mol. The van der Waals surface area contributed by atoms with Crippen molar-refractivity contribution in [1.29, 1.82) is 0 Å². The molecule has 0 saturated heterocycles. The molecule has 0 aromatic heterocycles. The van der Waals surface area contributed by atoms with E-state index in [2.05, 4.69) is 13.8 Å². The highest BCUT2D eigenvalue weighted by atomic mass is 28.2. The second kappa shape index (κ2) is 4.99. The summed E-state index contributed by atoms with van der Waals surface area (Å²) in [7, 11) is -0.260. The number of hydrogen-bond acceptors (Lipinski definition) is 2. The minimum atomic E-state index is -0.260. The fraction of sp³-hybridized carbons (Fsp3) is 1.00. The van der Waals surface area contributed by atoms with Gasteiger partial charge < -0.3 is 10.2 Å². The lowest BCUT2D eigenvalue weighted by molar-refractivity contribution is 0.244. The molecule has 1 saturated carbocycles. The molecule has 0 aromatic carbocycles. The third-order valence-corrected chi connectivity index (χ3v) is 4.70. The normalized spacial score (nSPS) is 32.0. The van der Waals surface area contributed by atoms with Crippen LogP contribution in [0.4, 0.5) is 0 Å². The molecule has 0 atom stereocenters. The van der Waals surface area contributed by atoms with Crippen molar-refractivity contribution in [3.8, 4) is 0 Å². The summed E-state index contributed by atoms with van der Waals surface area (Å²) in [6.07, 6.45) is 5.52. The van der Waals surface area contributed by atoms with Gasteiger partial charge in [-0.15, -0.1) is 0 Å². The van der Waals surface area contributed by atoms with Crippen molar-refractivity contribution in [2.45, 2.75) is 57.2 Å². The highest BCUT2D eigenvalue weighted by Gasteiger charge is 2.19. The smallest absolute Gasteiger partial charge is 0.164 e. The van der Waals surface area contributed by atoms with Crippen LogP contribution in [0.2, 0.25) is 5.54 Å². The van der Waals surface area contributed by atoms with Crippen LogP contribution in [-0.2, 0) is 4.43 Å². The number of rotatable bonds is 3. The molecule has 1 fully saturated rings. The molecule has 0 aromatic rings. The quantitative estimate of drug-likeness (QED) is 0.674. The van der Waals surface area contributed by atoms with Crippen LogP contribution >= 0.6 is 0 Å². The maximum atomic E-state index is 5.83. The molecule has 3 heteroatoms. The molecule has 72 valence electrons. The molecule has 12 heavy (non-hydrogen) atoms. The summed E-state index contributed by atoms with van der Waals surface area (Å²) >= 11 is 0. The Morgan fingerprint density at radius 3 is 2.33 bits per heavy atom. The van der Waals surface area contributed by atoms with Crippen molar-refractivity contribution < 1.29 is 4.43 Å². The SMILES string of the molecule is CC(C)O[SiH2]C1CCC(N)CC1. The van der Waals surface area contributed by atoms with Crippen LogP contribution in [0.15, 0.2) is 0 Å². The van der Waals surface area contributed by atoms with Gasteiger partial charge in [0, 0.05) is 12.1 Å². The van der Waals surface area contributed by atoms with E-state index in [1.54, 1.807) is 0 Å². The van der Waals surface area contributed by atoms with Crippen LogP contribution in [-0.4, -0.2) is 21.9 Å². The summed E-state index contributed by atoms with van der Waals surface area (Å²) in [5, 5.41) is 0. The van der Waals surface area contributed by atoms with Gasteiger partial charge in [0.05, 0.1) is 0 Å². The first-order valence-electron chi connectivity index (χ1n) is 5.05. The van der Waals surface area contributed by atoms with Gasteiger partial charge in [-0.2, -0.15) is 0 Å². The van der Waals surface area contributed by atoms with Crippen molar-refractivity contribution in [2.24, 2.45) is 5.73 Å². The molecular formula is C9H21NOSi. The third-order valence-electron chi connectivity index (χ3n) is 2.56. The molecule has 0 unspecified atom stereocenters. The molecule has 1 rings (SSSR count). The van der Waals surface area contributed by atoms with Gasteiger partial charge in [0.2, 0.25) is 0 Å². The van der Waals surface area contributed by atoms with E-state index in [9.17, 15) is 0 Å². The molecule has 1 aliphatic rings. The van der Waals surface area contributed by atoms with Crippen molar-refractivity contribution in [1.82, 2.24) is 0 Å². The Hall–Kier alpha value is 0.137. The van der Waals surface area contributed by atoms with Gasteiger partial charge in [-0.05, 0) is 45.1 Å². The van der Waals surface area contributed by atoms with Crippen LogP contribution in [0, 0.1) is 0 Å². The molecule has 0 amide bonds. The van der Waals surface area contributed by atoms with E-state index >= 15 is 0 Å². The highest BCUT2D eigenvalue weighted by molar-refractivity contribution is 6.29. The largest absolute Gasteiger partial charge is 0.421 e. The van der Waals surface area contributed by atoms with E-state index in [4.69, 9.17) is 10.2 Å². The van der Waals surface area contributed by atoms with Gasteiger partial charge in [0.15, 0.2) is 9.76 Å². The van der Waals surface area contributed by atoms with Crippen LogP contribution in [0.1, 0.15) is 39.5 Å². The maximum Gasteiger partial charge on any atom is 0.164 e. The van der Waals surface area contributed by atoms with E-state index in [1.807, 2.05) is 0 Å². The molecular weight excluding hydrogens is 166 g/mol. The summed E-state index contributed by atoms with van der Waals surface area (Å²) in [6.45, 7) is 4.25. The van der Waals surface area contributed by atoms with Crippen LogP contribution < -0.4 is 5.73 Å². The molecule has 1 aliphatic carbocycles. The first-order chi connectivity index (χ1) is 5.68. The molecule has 0 aliphatic heterocycles. The van der Waals surface area contributed by atoms with E-state index in [-0.39, 0.29) is 9.76 Å². The lowest BCUT2D eigenvalue weighted by Crippen LogP contribution is -2.27. The third kappa shape index (κ3) is 3.69. The number of hydrogen-bond donors (Lipinski definition) is 1. The van der Waals surface area contributed by atoms with E-state index in [0.29, 0.717) is 12.1 Å². The van der Waals surface area contributed by atoms with Gasteiger partial charge in [0.1, 0.15) is 0 Å². The summed E-state index contributed by atoms with van der Waals surface area (Å²) < 4.78 is 5.71. The Bertz CT molecular complexity index is 122. The van der Waals surface area contributed by atoms with E-state index in [1.165, 1.54) is 25.7 Å². The first-order valence-corrected chi connectivity index (χ1v) is 6.45. The molecule has 2 N–H and O–H groups in total. The Balaban J connectivity index is 2.09. The Labute approximate surface area is 77.8 Å². The van der Waals surface area contributed by atoms with Crippen molar-refractivity contribution in [3.63, 3.8) is 0 Å². The predicted molar refractivity (Wildman–Crippen MR) is 55.0 cm³/mol. The van der Waals surface area contributed by atoms with E-state index in [0.717, 1.165) is 5.54 Å². The van der Waals surface area contributed by atoms with Gasteiger partial charge >= 0.3 is 0 Å².